The Labute approximate surface area is 278 Å². The van der Waals surface area contributed by atoms with E-state index in [1.54, 1.807) is 38.1 Å². The lowest BCUT2D eigenvalue weighted by Gasteiger charge is -2.35. The summed E-state index contributed by atoms with van der Waals surface area (Å²) < 4.78 is 40.2. The van der Waals surface area contributed by atoms with Crippen LogP contribution in [0.4, 0.5) is 4.79 Å². The fourth-order valence-electron chi connectivity index (χ4n) is 5.77. The molecule has 1 fully saturated rings. The van der Waals surface area contributed by atoms with Crippen LogP contribution in [0.5, 0.6) is 5.75 Å². The number of aliphatic imine (C=N–C) groups is 1. The Bertz CT molecular complexity index is 1520. The van der Waals surface area contributed by atoms with Crippen LogP contribution in [0.25, 0.3) is 0 Å². The average Bonchev–Trinajstić information content (AvgIpc) is 3.00. The number of nitrogens with two attached hydrogens (primary N) is 2. The van der Waals surface area contributed by atoms with E-state index in [9.17, 15) is 23.1 Å². The number of fused-ring (bicyclic) bond motifs is 1. The molecule has 1 heterocycles. The first kappa shape index (κ1) is 37.6. The molecule has 0 bridgehead atoms. The Hall–Kier alpha value is -3.84. The third kappa shape index (κ3) is 11.1. The van der Waals surface area contributed by atoms with E-state index in [1.807, 2.05) is 26.8 Å². The number of sulfonamides is 1. The van der Waals surface area contributed by atoms with Crippen molar-refractivity contribution in [2.24, 2.45) is 16.5 Å². The van der Waals surface area contributed by atoms with Crippen LogP contribution in [-0.2, 0) is 32.6 Å². The van der Waals surface area contributed by atoms with E-state index in [4.69, 9.17) is 20.9 Å². The van der Waals surface area contributed by atoms with Gasteiger partial charge in [-0.15, -0.1) is 0 Å². The molecule has 0 saturated heterocycles. The third-order valence-corrected chi connectivity index (χ3v) is 10.2. The number of carbonyl (C=O) groups excluding carboxylic acids is 1. The van der Waals surface area contributed by atoms with E-state index < -0.39 is 28.1 Å². The minimum absolute atomic E-state index is 0.00762. The maximum Gasteiger partial charge on any atom is 0.408 e. The molecule has 1 aliphatic carbocycles. The van der Waals surface area contributed by atoms with Gasteiger partial charge in [0, 0.05) is 12.6 Å². The van der Waals surface area contributed by atoms with E-state index in [0.717, 1.165) is 28.9 Å². The van der Waals surface area contributed by atoms with Crippen molar-refractivity contribution in [2.45, 2.75) is 122 Å². The highest BCUT2D eigenvalue weighted by Gasteiger charge is 2.33. The van der Waals surface area contributed by atoms with Crippen LogP contribution in [0.3, 0.4) is 0 Å². The fraction of sp³-hybridized carbons (Fsp3) is 0.559. The van der Waals surface area contributed by atoms with E-state index in [0.29, 0.717) is 23.6 Å². The quantitative estimate of drug-likeness (QED) is 0.134. The predicted molar refractivity (Wildman–Crippen MR) is 182 cm³/mol. The number of amides is 1. The predicted octanol–water partition coefficient (Wildman–Crippen LogP) is 4.75. The first-order valence-electron chi connectivity index (χ1n) is 16.2. The van der Waals surface area contributed by atoms with Gasteiger partial charge in [0.05, 0.1) is 4.90 Å². The van der Waals surface area contributed by atoms with Gasteiger partial charge in [0.25, 0.3) is 10.0 Å². The zero-order valence-electron chi connectivity index (χ0n) is 28.2. The normalized spacial score (nSPS) is 16.9. The number of carbonyl (C=O) groups is 2. The number of aliphatic carboxylic acids is 1. The van der Waals surface area contributed by atoms with Gasteiger partial charge in [-0.3, -0.25) is 4.99 Å². The zero-order valence-corrected chi connectivity index (χ0v) is 29.0. The number of carboxylic acid groups (broad SMARTS) is 1. The summed E-state index contributed by atoms with van der Waals surface area (Å²) in [7, 11) is -4.05. The van der Waals surface area contributed by atoms with Crippen LogP contribution in [0.15, 0.2) is 40.2 Å². The van der Waals surface area contributed by atoms with Crippen molar-refractivity contribution in [3.8, 4) is 5.75 Å². The van der Waals surface area contributed by atoms with Crippen LogP contribution < -0.4 is 26.2 Å². The van der Waals surface area contributed by atoms with Crippen molar-refractivity contribution in [3.05, 3.63) is 58.1 Å². The van der Waals surface area contributed by atoms with Gasteiger partial charge in [-0.1, -0.05) is 49.6 Å². The minimum Gasteiger partial charge on any atom is -0.487 e. The molecule has 0 radical (unpaired) electrons. The molecule has 0 spiro atoms. The van der Waals surface area contributed by atoms with E-state index in [2.05, 4.69) is 15.0 Å². The molecular formula is C34H51N5O7S. The summed E-state index contributed by atoms with van der Waals surface area (Å²) in [5.74, 6) is -0.804. The highest BCUT2D eigenvalue weighted by atomic mass is 32.2. The molecule has 1 saturated carbocycles. The van der Waals surface area contributed by atoms with Gasteiger partial charge in [0.1, 0.15) is 24.0 Å². The number of hydrogen-bond donors (Lipinski definition) is 5. The number of rotatable bonds is 10. The molecule has 13 heteroatoms. The van der Waals surface area contributed by atoms with Crippen molar-refractivity contribution in [3.63, 3.8) is 0 Å². The lowest BCUT2D eigenvalue weighted by atomic mass is 9.88. The summed E-state index contributed by atoms with van der Waals surface area (Å²) in [6, 6.07) is 8.33. The number of ether oxygens (including phenoxy) is 2. The Balaban J connectivity index is 0.000000756. The van der Waals surface area contributed by atoms with Crippen molar-refractivity contribution < 1.29 is 32.6 Å². The van der Waals surface area contributed by atoms with Gasteiger partial charge in [-0.2, -0.15) is 0 Å². The van der Waals surface area contributed by atoms with Crippen LogP contribution in [0.2, 0.25) is 0 Å². The molecule has 0 unspecified atom stereocenters. The monoisotopic (exact) mass is 673 g/mol. The Morgan fingerprint density at radius 2 is 1.74 bits per heavy atom. The van der Waals surface area contributed by atoms with E-state index in [1.165, 1.54) is 32.1 Å². The summed E-state index contributed by atoms with van der Waals surface area (Å²) >= 11 is 0. The third-order valence-electron chi connectivity index (χ3n) is 8.56. The average molecular weight is 674 g/mol. The van der Waals surface area contributed by atoms with Crippen molar-refractivity contribution in [1.82, 2.24) is 10.0 Å². The lowest BCUT2D eigenvalue weighted by molar-refractivity contribution is -0.139. The van der Waals surface area contributed by atoms with Gasteiger partial charge in [0.15, 0.2) is 0 Å². The van der Waals surface area contributed by atoms with Crippen molar-refractivity contribution in [2.75, 3.05) is 6.54 Å². The molecule has 4 rings (SSSR count). The standard InChI is InChI=1S/C28H38N4O7S.C6H13N/c1-17-18(2)24(19(3)21-13-14-28(4,5)39-23(17)21)40(36,37)32-26(29)30-15-9-12-22(25(33)34)31-27(35)38-16-20-10-7-6-8-11-20;7-6-4-2-1-3-5-6/h6-8,10-11,22H,9,12-16H2,1-5H3,(H,31,35)(H,33,34)(H3,29,30,32);6H,1-5,7H2/t22-;/m1./s1. The summed E-state index contributed by atoms with van der Waals surface area (Å²) in [5.41, 5.74) is 14.8. The number of carboxylic acids is 1. The van der Waals surface area contributed by atoms with Gasteiger partial charge < -0.3 is 31.4 Å². The molecule has 0 aromatic heterocycles. The number of benzene rings is 2. The van der Waals surface area contributed by atoms with E-state index in [-0.39, 0.29) is 42.4 Å². The second kappa shape index (κ2) is 16.8. The first-order valence-corrected chi connectivity index (χ1v) is 17.7. The molecular weight excluding hydrogens is 622 g/mol. The Morgan fingerprint density at radius 1 is 1.09 bits per heavy atom. The number of hydrogen-bond acceptors (Lipinski definition) is 8. The highest BCUT2D eigenvalue weighted by Crippen LogP contribution is 2.42. The topological polar surface area (TPSA) is 195 Å². The maximum absolute atomic E-state index is 13.3. The molecule has 7 N–H and O–H groups in total. The molecule has 12 nitrogen and oxygen atoms in total. The second-order valence-electron chi connectivity index (χ2n) is 12.9. The summed E-state index contributed by atoms with van der Waals surface area (Å²) in [6.45, 7) is 9.41. The largest absolute Gasteiger partial charge is 0.487 e. The lowest BCUT2D eigenvalue weighted by Crippen LogP contribution is -2.41. The van der Waals surface area contributed by atoms with Crippen LogP contribution in [0, 0.1) is 20.8 Å². The van der Waals surface area contributed by atoms with Gasteiger partial charge >= 0.3 is 12.1 Å². The minimum atomic E-state index is -4.05. The second-order valence-corrected chi connectivity index (χ2v) is 14.5. The number of guanidine groups is 1. The smallest absolute Gasteiger partial charge is 0.408 e. The molecule has 1 amide bonds. The van der Waals surface area contributed by atoms with Crippen LogP contribution >= 0.6 is 0 Å². The fourth-order valence-corrected chi connectivity index (χ4v) is 7.29. The summed E-state index contributed by atoms with van der Waals surface area (Å²) in [4.78, 5) is 27.8. The SMILES string of the molecule is Cc1c(C)c(S(=O)(=O)NC(N)=NCCC[C@@H](NC(=O)OCc2ccccc2)C(=O)O)c(C)c2c1OC(C)(C)CC2.NC1CCCCC1. The van der Waals surface area contributed by atoms with E-state index >= 15 is 0 Å². The van der Waals surface area contributed by atoms with Crippen molar-refractivity contribution in [1.29, 1.82) is 0 Å². The van der Waals surface area contributed by atoms with Gasteiger partial charge in [0.2, 0.25) is 5.96 Å². The molecule has 1 atom stereocenters. The Kier molecular flexibility index (Phi) is 13.5. The maximum atomic E-state index is 13.3. The van der Waals surface area contributed by atoms with Gasteiger partial charge in [-0.05, 0) is 101 Å². The zero-order chi connectivity index (χ0) is 34.8. The number of nitrogens with one attached hydrogen (secondary N) is 2. The van der Waals surface area contributed by atoms with Gasteiger partial charge in [-0.25, -0.2) is 22.7 Å². The molecule has 47 heavy (non-hydrogen) atoms. The highest BCUT2D eigenvalue weighted by molar-refractivity contribution is 7.90. The molecule has 260 valence electrons. The molecule has 1 aliphatic heterocycles. The Morgan fingerprint density at radius 3 is 2.34 bits per heavy atom. The van der Waals surface area contributed by atoms with Crippen LogP contribution in [-0.4, -0.2) is 55.8 Å². The molecule has 2 aromatic carbocycles. The molecule has 2 aromatic rings. The summed E-state index contributed by atoms with van der Waals surface area (Å²) in [6.07, 6.45) is 7.53. The molecule has 2 aliphatic rings. The summed E-state index contributed by atoms with van der Waals surface area (Å²) in [5, 5.41) is 11.8. The van der Waals surface area contributed by atoms with Crippen molar-refractivity contribution >= 4 is 28.0 Å². The first-order chi connectivity index (χ1) is 22.1. The van der Waals surface area contributed by atoms with Crippen LogP contribution in [0.1, 0.15) is 93.0 Å². The number of nitrogens with zero attached hydrogens (tertiary/aromatic N) is 1. The number of alkyl carbamates (subject to hydrolysis) is 1.